The van der Waals surface area contributed by atoms with Crippen molar-refractivity contribution in [2.45, 2.75) is 12.5 Å². The SMILES string of the molecule is NC(=O)C(Cc1ccccc1)Nc1ccc(-c2ccnc(N)n2)cc1. The molecule has 5 N–H and O–H groups in total. The molecule has 0 aliphatic heterocycles. The Bertz CT molecular complexity index is 849. The zero-order valence-corrected chi connectivity index (χ0v) is 13.6. The maximum absolute atomic E-state index is 11.8. The van der Waals surface area contributed by atoms with Crippen molar-refractivity contribution < 1.29 is 4.79 Å². The van der Waals surface area contributed by atoms with E-state index in [-0.39, 0.29) is 5.95 Å². The topological polar surface area (TPSA) is 107 Å². The number of carbonyl (C=O) groups is 1. The maximum atomic E-state index is 11.8. The third kappa shape index (κ3) is 4.32. The van der Waals surface area contributed by atoms with Gasteiger partial charge in [-0.05, 0) is 23.8 Å². The molecule has 1 heterocycles. The van der Waals surface area contributed by atoms with Gasteiger partial charge in [-0.15, -0.1) is 0 Å². The number of aromatic nitrogens is 2. The molecule has 0 radical (unpaired) electrons. The van der Waals surface area contributed by atoms with Crippen LogP contribution in [0.1, 0.15) is 5.56 Å². The first kappa shape index (κ1) is 16.4. The molecule has 1 unspecified atom stereocenters. The number of rotatable bonds is 6. The molecule has 0 fully saturated rings. The lowest BCUT2D eigenvalue weighted by atomic mass is 10.0. The highest BCUT2D eigenvalue weighted by Crippen LogP contribution is 2.20. The predicted molar refractivity (Wildman–Crippen MR) is 98.6 cm³/mol. The Labute approximate surface area is 145 Å². The van der Waals surface area contributed by atoms with Gasteiger partial charge in [0.05, 0.1) is 5.69 Å². The van der Waals surface area contributed by atoms with Gasteiger partial charge in [0, 0.05) is 23.9 Å². The summed E-state index contributed by atoms with van der Waals surface area (Å²) in [6.07, 6.45) is 2.15. The van der Waals surface area contributed by atoms with E-state index in [0.29, 0.717) is 6.42 Å². The molecule has 0 aliphatic rings. The number of hydrogen-bond acceptors (Lipinski definition) is 5. The first-order chi connectivity index (χ1) is 12.1. The summed E-state index contributed by atoms with van der Waals surface area (Å²) < 4.78 is 0. The highest BCUT2D eigenvalue weighted by molar-refractivity contribution is 5.83. The van der Waals surface area contributed by atoms with Gasteiger partial charge in [0.25, 0.3) is 0 Å². The van der Waals surface area contributed by atoms with Crippen molar-refractivity contribution in [3.63, 3.8) is 0 Å². The zero-order valence-electron chi connectivity index (χ0n) is 13.6. The molecule has 0 saturated carbocycles. The van der Waals surface area contributed by atoms with E-state index in [9.17, 15) is 4.79 Å². The Kier molecular flexibility index (Phi) is 4.89. The maximum Gasteiger partial charge on any atom is 0.240 e. The molecule has 6 heteroatoms. The molecule has 2 aromatic carbocycles. The lowest BCUT2D eigenvalue weighted by Crippen LogP contribution is -2.37. The van der Waals surface area contributed by atoms with E-state index in [0.717, 1.165) is 22.5 Å². The lowest BCUT2D eigenvalue weighted by Gasteiger charge is -2.17. The fourth-order valence-corrected chi connectivity index (χ4v) is 2.55. The van der Waals surface area contributed by atoms with Crippen molar-refractivity contribution in [3.05, 3.63) is 72.4 Å². The third-order valence-corrected chi connectivity index (χ3v) is 3.82. The predicted octanol–water partition coefficient (Wildman–Crippen LogP) is 2.23. The summed E-state index contributed by atoms with van der Waals surface area (Å²) in [7, 11) is 0. The second-order valence-electron chi connectivity index (χ2n) is 5.67. The Morgan fingerprint density at radius 3 is 2.40 bits per heavy atom. The summed E-state index contributed by atoms with van der Waals surface area (Å²) in [6, 6.07) is 18.7. The first-order valence-corrected chi connectivity index (χ1v) is 7.90. The van der Waals surface area contributed by atoms with Crippen LogP contribution in [0.2, 0.25) is 0 Å². The molecule has 126 valence electrons. The second-order valence-corrected chi connectivity index (χ2v) is 5.67. The van der Waals surface area contributed by atoms with E-state index in [2.05, 4.69) is 15.3 Å². The number of amides is 1. The van der Waals surface area contributed by atoms with Gasteiger partial charge in [0.1, 0.15) is 6.04 Å². The van der Waals surface area contributed by atoms with Crippen LogP contribution in [0.25, 0.3) is 11.3 Å². The molecule has 0 saturated heterocycles. The summed E-state index contributed by atoms with van der Waals surface area (Å²) in [6.45, 7) is 0. The minimum atomic E-state index is -0.483. The van der Waals surface area contributed by atoms with Crippen molar-refractivity contribution in [3.8, 4) is 11.3 Å². The monoisotopic (exact) mass is 333 g/mol. The molecular weight excluding hydrogens is 314 g/mol. The van der Waals surface area contributed by atoms with Crippen LogP contribution >= 0.6 is 0 Å². The lowest BCUT2D eigenvalue weighted by molar-refractivity contribution is -0.118. The number of nitrogen functional groups attached to an aromatic ring is 1. The van der Waals surface area contributed by atoms with Crippen LogP contribution in [-0.2, 0) is 11.2 Å². The molecule has 3 aromatic rings. The molecule has 25 heavy (non-hydrogen) atoms. The largest absolute Gasteiger partial charge is 0.373 e. The standard InChI is InChI=1S/C19H19N5O/c20-18(25)17(12-13-4-2-1-3-5-13)23-15-8-6-14(7-9-15)16-10-11-22-19(21)24-16/h1-11,17,23H,12H2,(H2,20,25)(H2,21,22,24). The number of carbonyl (C=O) groups excluding carboxylic acids is 1. The first-order valence-electron chi connectivity index (χ1n) is 7.90. The number of anilines is 2. The van der Waals surface area contributed by atoms with Crippen molar-refractivity contribution in [2.75, 3.05) is 11.1 Å². The van der Waals surface area contributed by atoms with Gasteiger partial charge >= 0.3 is 0 Å². The van der Waals surface area contributed by atoms with Crippen LogP contribution in [0.4, 0.5) is 11.6 Å². The highest BCUT2D eigenvalue weighted by atomic mass is 16.1. The Morgan fingerprint density at radius 1 is 1.04 bits per heavy atom. The Balaban J connectivity index is 1.73. The van der Waals surface area contributed by atoms with E-state index in [1.54, 1.807) is 12.3 Å². The fourth-order valence-electron chi connectivity index (χ4n) is 2.55. The summed E-state index contributed by atoms with van der Waals surface area (Å²) in [5, 5.41) is 3.19. The van der Waals surface area contributed by atoms with Crippen LogP contribution in [0.5, 0.6) is 0 Å². The molecule has 1 aromatic heterocycles. The van der Waals surface area contributed by atoms with Gasteiger partial charge in [-0.1, -0.05) is 42.5 Å². The van der Waals surface area contributed by atoms with Crippen LogP contribution < -0.4 is 16.8 Å². The summed E-state index contributed by atoms with van der Waals surface area (Å²) in [4.78, 5) is 19.8. The number of nitrogens with zero attached hydrogens (tertiary/aromatic N) is 2. The Hall–Kier alpha value is -3.41. The molecule has 3 rings (SSSR count). The van der Waals surface area contributed by atoms with Gasteiger partial charge in [0.2, 0.25) is 11.9 Å². The quantitative estimate of drug-likeness (QED) is 0.641. The normalized spacial score (nSPS) is 11.7. The molecule has 6 nitrogen and oxygen atoms in total. The average Bonchev–Trinajstić information content (AvgIpc) is 2.62. The molecule has 1 amide bonds. The van der Waals surface area contributed by atoms with E-state index >= 15 is 0 Å². The van der Waals surface area contributed by atoms with Crippen molar-refractivity contribution in [2.24, 2.45) is 5.73 Å². The van der Waals surface area contributed by atoms with Crippen molar-refractivity contribution in [1.82, 2.24) is 9.97 Å². The summed E-state index contributed by atoms with van der Waals surface area (Å²) >= 11 is 0. The number of hydrogen-bond donors (Lipinski definition) is 3. The fraction of sp³-hybridized carbons (Fsp3) is 0.105. The van der Waals surface area contributed by atoms with Crippen LogP contribution in [-0.4, -0.2) is 21.9 Å². The number of nitrogens with two attached hydrogens (primary N) is 2. The van der Waals surface area contributed by atoms with Crippen LogP contribution in [0, 0.1) is 0 Å². The Morgan fingerprint density at radius 2 is 1.76 bits per heavy atom. The number of benzene rings is 2. The third-order valence-electron chi connectivity index (χ3n) is 3.82. The summed E-state index contributed by atoms with van der Waals surface area (Å²) in [5.41, 5.74) is 14.7. The minimum absolute atomic E-state index is 0.233. The number of nitrogens with one attached hydrogen (secondary N) is 1. The molecule has 0 spiro atoms. The average molecular weight is 333 g/mol. The molecule has 1 atom stereocenters. The second kappa shape index (κ2) is 7.44. The minimum Gasteiger partial charge on any atom is -0.373 e. The van der Waals surface area contributed by atoms with E-state index in [1.807, 2.05) is 54.6 Å². The van der Waals surface area contributed by atoms with E-state index in [4.69, 9.17) is 11.5 Å². The summed E-state index contributed by atoms with van der Waals surface area (Å²) in [5.74, 6) is -0.159. The van der Waals surface area contributed by atoms with Gasteiger partial charge in [-0.25, -0.2) is 9.97 Å². The molecule has 0 aliphatic carbocycles. The van der Waals surface area contributed by atoms with Crippen molar-refractivity contribution in [1.29, 1.82) is 0 Å². The van der Waals surface area contributed by atoms with Crippen molar-refractivity contribution >= 4 is 17.5 Å². The zero-order chi connectivity index (χ0) is 17.6. The van der Waals surface area contributed by atoms with E-state index < -0.39 is 11.9 Å². The highest BCUT2D eigenvalue weighted by Gasteiger charge is 2.15. The number of primary amides is 1. The molecular formula is C19H19N5O. The van der Waals surface area contributed by atoms with Gasteiger partial charge in [-0.3, -0.25) is 4.79 Å². The van der Waals surface area contributed by atoms with E-state index in [1.165, 1.54) is 0 Å². The smallest absolute Gasteiger partial charge is 0.240 e. The van der Waals surface area contributed by atoms with Gasteiger partial charge in [-0.2, -0.15) is 0 Å². The molecule has 0 bridgehead atoms. The van der Waals surface area contributed by atoms with Gasteiger partial charge < -0.3 is 16.8 Å². The van der Waals surface area contributed by atoms with Gasteiger partial charge in [0.15, 0.2) is 0 Å². The van der Waals surface area contributed by atoms with Crippen LogP contribution in [0.3, 0.4) is 0 Å². The van der Waals surface area contributed by atoms with Crippen LogP contribution in [0.15, 0.2) is 66.9 Å².